The molecule has 5 nitrogen and oxygen atoms in total. The molecule has 0 aliphatic rings. The first kappa shape index (κ1) is 13.0. The highest BCUT2D eigenvalue weighted by Crippen LogP contribution is 2.08. The predicted octanol–water partition coefficient (Wildman–Crippen LogP) is 1.88. The van der Waals surface area contributed by atoms with Crippen molar-refractivity contribution >= 4 is 5.97 Å². The summed E-state index contributed by atoms with van der Waals surface area (Å²) in [5.74, 6) is 0.334. The molecule has 0 aliphatic heterocycles. The van der Waals surface area contributed by atoms with Crippen LogP contribution in [0.4, 0.5) is 0 Å². The number of nitrogens with zero attached hydrogens (tertiary/aromatic N) is 2. The van der Waals surface area contributed by atoms with Gasteiger partial charge in [0, 0.05) is 6.42 Å². The van der Waals surface area contributed by atoms with E-state index >= 15 is 0 Å². The highest BCUT2D eigenvalue weighted by Gasteiger charge is 2.07. The number of carbonyl (C=O) groups is 1. The van der Waals surface area contributed by atoms with E-state index in [2.05, 4.69) is 14.9 Å². The van der Waals surface area contributed by atoms with Gasteiger partial charge in [-0.3, -0.25) is 0 Å². The van der Waals surface area contributed by atoms with Crippen molar-refractivity contribution in [1.82, 2.24) is 10.2 Å². The maximum absolute atomic E-state index is 11.2. The lowest BCUT2D eigenvalue weighted by Crippen LogP contribution is -2.08. The fourth-order valence-electron chi connectivity index (χ4n) is 1.50. The first-order chi connectivity index (χ1) is 9.29. The number of aromatic nitrogens is 2. The van der Waals surface area contributed by atoms with E-state index < -0.39 is 5.97 Å². The Labute approximate surface area is 111 Å². The van der Waals surface area contributed by atoms with E-state index in [1.165, 1.54) is 7.11 Å². The summed E-state index contributed by atoms with van der Waals surface area (Å²) >= 11 is 0. The molecule has 98 valence electrons. The highest BCUT2D eigenvalue weighted by molar-refractivity contribution is 5.86. The van der Waals surface area contributed by atoms with Crippen molar-refractivity contribution in [2.75, 3.05) is 13.7 Å². The fourth-order valence-corrected chi connectivity index (χ4v) is 1.50. The van der Waals surface area contributed by atoms with E-state index in [1.54, 1.807) is 12.1 Å². The molecule has 0 bridgehead atoms. The Bertz CT molecular complexity index is 526. The van der Waals surface area contributed by atoms with Crippen LogP contribution in [0, 0.1) is 0 Å². The molecule has 2 aromatic rings. The van der Waals surface area contributed by atoms with Gasteiger partial charge >= 0.3 is 5.97 Å². The van der Waals surface area contributed by atoms with Gasteiger partial charge in [-0.15, -0.1) is 5.10 Å². The van der Waals surface area contributed by atoms with Crippen LogP contribution in [0.15, 0.2) is 42.5 Å². The van der Waals surface area contributed by atoms with Crippen LogP contribution in [0.1, 0.15) is 16.2 Å². The standard InChI is InChI=1S/C14H14N2O3/c1-18-14(17)13-8-7-11(15-16-13)9-10-19-12-5-3-2-4-6-12/h2-8H,9-10H2,1H3. The first-order valence-corrected chi connectivity index (χ1v) is 5.88. The topological polar surface area (TPSA) is 61.3 Å². The number of hydrogen-bond acceptors (Lipinski definition) is 5. The van der Waals surface area contributed by atoms with Gasteiger partial charge in [0.2, 0.25) is 0 Å². The van der Waals surface area contributed by atoms with Crippen molar-refractivity contribution in [1.29, 1.82) is 0 Å². The van der Waals surface area contributed by atoms with Crippen molar-refractivity contribution in [3.8, 4) is 5.75 Å². The summed E-state index contributed by atoms with van der Waals surface area (Å²) in [4.78, 5) is 11.2. The van der Waals surface area contributed by atoms with Crippen molar-refractivity contribution < 1.29 is 14.3 Å². The zero-order chi connectivity index (χ0) is 13.5. The molecule has 1 heterocycles. The normalized spacial score (nSPS) is 9.95. The molecular weight excluding hydrogens is 244 g/mol. The van der Waals surface area contributed by atoms with Crippen LogP contribution in [0.25, 0.3) is 0 Å². The summed E-state index contributed by atoms with van der Waals surface area (Å²) < 4.78 is 10.1. The molecule has 0 unspecified atom stereocenters. The molecule has 1 aromatic carbocycles. The molecule has 5 heteroatoms. The van der Waals surface area contributed by atoms with E-state index in [0.717, 1.165) is 11.4 Å². The lowest BCUT2D eigenvalue weighted by molar-refractivity contribution is 0.0592. The van der Waals surface area contributed by atoms with Crippen LogP contribution < -0.4 is 4.74 Å². The van der Waals surface area contributed by atoms with Gasteiger partial charge in [-0.1, -0.05) is 18.2 Å². The molecule has 2 rings (SSSR count). The predicted molar refractivity (Wildman–Crippen MR) is 69.0 cm³/mol. The summed E-state index contributed by atoms with van der Waals surface area (Å²) in [6.45, 7) is 0.510. The van der Waals surface area contributed by atoms with E-state index in [0.29, 0.717) is 13.0 Å². The quantitative estimate of drug-likeness (QED) is 0.766. The second kappa shape index (κ2) is 6.49. The first-order valence-electron chi connectivity index (χ1n) is 5.88. The van der Waals surface area contributed by atoms with Crippen LogP contribution in [-0.2, 0) is 11.2 Å². The maximum Gasteiger partial charge on any atom is 0.358 e. The molecule has 0 atom stereocenters. The minimum atomic E-state index is -0.486. The van der Waals surface area contributed by atoms with Gasteiger partial charge in [0.05, 0.1) is 19.4 Å². The van der Waals surface area contributed by atoms with Gasteiger partial charge in [-0.2, -0.15) is 5.10 Å². The molecule has 0 radical (unpaired) electrons. The van der Waals surface area contributed by atoms with Crippen molar-refractivity contribution in [2.24, 2.45) is 0 Å². The zero-order valence-corrected chi connectivity index (χ0v) is 10.6. The molecule has 1 aromatic heterocycles. The third kappa shape index (κ3) is 3.77. The average Bonchev–Trinajstić information content (AvgIpc) is 2.48. The summed E-state index contributed by atoms with van der Waals surface area (Å²) in [5.41, 5.74) is 0.971. The van der Waals surface area contributed by atoms with Gasteiger partial charge in [-0.25, -0.2) is 4.79 Å². The van der Waals surface area contributed by atoms with E-state index in [-0.39, 0.29) is 5.69 Å². The molecule has 0 saturated carbocycles. The van der Waals surface area contributed by atoms with Crippen LogP contribution >= 0.6 is 0 Å². The molecule has 0 N–H and O–H groups in total. The zero-order valence-electron chi connectivity index (χ0n) is 10.6. The second-order valence-corrected chi connectivity index (χ2v) is 3.81. The number of carbonyl (C=O) groups excluding carboxylic acids is 1. The molecule has 0 saturated heterocycles. The Morgan fingerprint density at radius 3 is 2.53 bits per heavy atom. The number of hydrogen-bond donors (Lipinski definition) is 0. The van der Waals surface area contributed by atoms with Crippen LogP contribution in [0.5, 0.6) is 5.75 Å². The van der Waals surface area contributed by atoms with Gasteiger partial charge in [0.1, 0.15) is 5.75 Å². The molecule has 0 spiro atoms. The van der Waals surface area contributed by atoms with Crippen molar-refractivity contribution in [2.45, 2.75) is 6.42 Å². The number of methoxy groups -OCH3 is 1. The molecule has 19 heavy (non-hydrogen) atoms. The van der Waals surface area contributed by atoms with Gasteiger partial charge in [0.25, 0.3) is 0 Å². The van der Waals surface area contributed by atoms with Crippen LogP contribution in [-0.4, -0.2) is 29.9 Å². The number of rotatable bonds is 5. The third-order valence-electron chi connectivity index (χ3n) is 2.48. The average molecular weight is 258 g/mol. The monoisotopic (exact) mass is 258 g/mol. The van der Waals surface area contributed by atoms with Crippen molar-refractivity contribution in [3.05, 3.63) is 53.9 Å². The maximum atomic E-state index is 11.2. The fraction of sp³-hybridized carbons (Fsp3) is 0.214. The third-order valence-corrected chi connectivity index (χ3v) is 2.48. The smallest absolute Gasteiger partial charge is 0.358 e. The Hall–Kier alpha value is -2.43. The highest BCUT2D eigenvalue weighted by atomic mass is 16.5. The number of ether oxygens (including phenoxy) is 2. The van der Waals surface area contributed by atoms with E-state index in [4.69, 9.17) is 4.74 Å². The molecule has 0 fully saturated rings. The Kier molecular flexibility index (Phi) is 4.44. The number of para-hydroxylation sites is 1. The van der Waals surface area contributed by atoms with Gasteiger partial charge < -0.3 is 9.47 Å². The van der Waals surface area contributed by atoms with E-state index in [1.807, 2.05) is 30.3 Å². The SMILES string of the molecule is COC(=O)c1ccc(CCOc2ccccc2)nn1. The van der Waals surface area contributed by atoms with Crippen LogP contribution in [0.2, 0.25) is 0 Å². The summed E-state index contributed by atoms with van der Waals surface area (Å²) in [6, 6.07) is 12.9. The van der Waals surface area contributed by atoms with Gasteiger partial charge in [0.15, 0.2) is 5.69 Å². The summed E-state index contributed by atoms with van der Waals surface area (Å²) in [6.07, 6.45) is 0.628. The van der Waals surface area contributed by atoms with Gasteiger partial charge in [-0.05, 0) is 24.3 Å². The van der Waals surface area contributed by atoms with Crippen LogP contribution in [0.3, 0.4) is 0 Å². The molecule has 0 aliphatic carbocycles. The Balaban J connectivity index is 1.85. The lowest BCUT2D eigenvalue weighted by atomic mass is 10.3. The number of benzene rings is 1. The largest absolute Gasteiger partial charge is 0.493 e. The van der Waals surface area contributed by atoms with Crippen molar-refractivity contribution in [3.63, 3.8) is 0 Å². The minimum Gasteiger partial charge on any atom is -0.493 e. The Morgan fingerprint density at radius 2 is 1.89 bits per heavy atom. The molecule has 0 amide bonds. The minimum absolute atomic E-state index is 0.204. The number of esters is 1. The van der Waals surface area contributed by atoms with E-state index in [9.17, 15) is 4.79 Å². The summed E-state index contributed by atoms with van der Waals surface area (Å²) in [7, 11) is 1.31. The molecular formula is C14H14N2O3. The lowest BCUT2D eigenvalue weighted by Gasteiger charge is -2.05. The Morgan fingerprint density at radius 1 is 1.11 bits per heavy atom. The second-order valence-electron chi connectivity index (χ2n) is 3.81. The summed E-state index contributed by atoms with van der Waals surface area (Å²) in [5, 5.41) is 7.74.